The van der Waals surface area contributed by atoms with Crippen molar-refractivity contribution in [3.8, 4) is 5.75 Å². The van der Waals surface area contributed by atoms with Gasteiger partial charge in [0, 0.05) is 10.7 Å². The van der Waals surface area contributed by atoms with Crippen molar-refractivity contribution in [1.29, 1.82) is 0 Å². The van der Waals surface area contributed by atoms with Crippen molar-refractivity contribution in [3.63, 3.8) is 0 Å². The Labute approximate surface area is 144 Å². The zero-order valence-corrected chi connectivity index (χ0v) is 13.7. The Balaban J connectivity index is 1.86. The summed E-state index contributed by atoms with van der Waals surface area (Å²) in [5, 5.41) is 6.74. The lowest BCUT2D eigenvalue weighted by Crippen LogP contribution is -2.32. The Kier molecular flexibility index (Phi) is 6.33. The molecule has 2 N–H and O–H groups in total. The molecular weight excluding hydrogens is 330 g/mol. The number of benzene rings is 2. The number of nitrogens with one attached hydrogen (secondary N) is 2. The van der Waals surface area contributed by atoms with E-state index in [1.807, 2.05) is 6.92 Å². The summed E-state index contributed by atoms with van der Waals surface area (Å²) in [7, 11) is 0. The number of rotatable bonds is 5. The van der Waals surface area contributed by atoms with Crippen molar-refractivity contribution in [2.75, 3.05) is 11.9 Å². The van der Waals surface area contributed by atoms with E-state index in [-0.39, 0.29) is 0 Å². The number of anilines is 1. The number of carbonyl (C=O) groups excluding carboxylic acids is 2. The highest BCUT2D eigenvalue weighted by Gasteiger charge is 2.12. The number of ether oxygens (including phenoxy) is 1. The molecule has 0 unspecified atom stereocenters. The van der Waals surface area contributed by atoms with Crippen LogP contribution in [0.25, 0.3) is 0 Å². The van der Waals surface area contributed by atoms with Crippen LogP contribution < -0.4 is 15.5 Å². The molecular formula is C17H16ClN3O3. The van der Waals surface area contributed by atoms with E-state index >= 15 is 0 Å². The minimum atomic E-state index is -0.873. The lowest BCUT2D eigenvalue weighted by Gasteiger charge is -2.06. The molecule has 0 radical (unpaired) electrons. The van der Waals surface area contributed by atoms with Gasteiger partial charge in [0.05, 0.1) is 12.8 Å². The minimum absolute atomic E-state index is 0.484. The quantitative estimate of drug-likeness (QED) is 0.497. The summed E-state index contributed by atoms with van der Waals surface area (Å²) in [4.78, 5) is 23.5. The topological polar surface area (TPSA) is 79.8 Å². The van der Waals surface area contributed by atoms with Crippen LogP contribution in [0.15, 0.2) is 53.6 Å². The zero-order valence-electron chi connectivity index (χ0n) is 13.0. The molecule has 6 nitrogen and oxygen atoms in total. The predicted molar refractivity (Wildman–Crippen MR) is 93.4 cm³/mol. The van der Waals surface area contributed by atoms with E-state index < -0.39 is 11.8 Å². The SMILES string of the molecule is CCOc1ccc(NC(=O)C(=O)NN=Cc2cccc(Cl)c2)cc1. The second kappa shape index (κ2) is 8.69. The molecule has 0 fully saturated rings. The number of hydrogen-bond acceptors (Lipinski definition) is 4. The zero-order chi connectivity index (χ0) is 17.4. The summed E-state index contributed by atoms with van der Waals surface area (Å²) >= 11 is 5.84. The summed E-state index contributed by atoms with van der Waals surface area (Å²) in [5.74, 6) is -1.00. The molecule has 0 aliphatic carbocycles. The number of carbonyl (C=O) groups is 2. The van der Waals surface area contributed by atoms with Gasteiger partial charge < -0.3 is 10.1 Å². The van der Waals surface area contributed by atoms with Crippen LogP contribution in [0.4, 0.5) is 5.69 Å². The maximum absolute atomic E-state index is 11.8. The van der Waals surface area contributed by atoms with Crippen LogP contribution in [0.5, 0.6) is 5.75 Å². The van der Waals surface area contributed by atoms with E-state index in [0.29, 0.717) is 28.6 Å². The highest BCUT2D eigenvalue weighted by atomic mass is 35.5. The summed E-state index contributed by atoms with van der Waals surface area (Å²) in [6.07, 6.45) is 1.40. The fourth-order valence-electron chi connectivity index (χ4n) is 1.79. The van der Waals surface area contributed by atoms with Gasteiger partial charge in [0.2, 0.25) is 0 Å². The van der Waals surface area contributed by atoms with E-state index in [4.69, 9.17) is 16.3 Å². The number of amides is 2. The summed E-state index contributed by atoms with van der Waals surface area (Å²) in [5.41, 5.74) is 3.34. The first kappa shape index (κ1) is 17.5. The average Bonchev–Trinajstić information content (AvgIpc) is 2.57. The van der Waals surface area contributed by atoms with Crippen LogP contribution in [-0.4, -0.2) is 24.6 Å². The third-order valence-electron chi connectivity index (χ3n) is 2.86. The maximum Gasteiger partial charge on any atom is 0.329 e. The van der Waals surface area contributed by atoms with E-state index in [0.717, 1.165) is 0 Å². The smallest absolute Gasteiger partial charge is 0.329 e. The average molecular weight is 346 g/mol. The van der Waals surface area contributed by atoms with Gasteiger partial charge in [-0.1, -0.05) is 23.7 Å². The molecule has 2 amide bonds. The lowest BCUT2D eigenvalue weighted by atomic mass is 10.2. The van der Waals surface area contributed by atoms with Gasteiger partial charge in [0.25, 0.3) is 0 Å². The van der Waals surface area contributed by atoms with Gasteiger partial charge in [-0.15, -0.1) is 0 Å². The second-order valence-electron chi connectivity index (χ2n) is 4.67. The molecule has 0 aliphatic rings. The molecule has 124 valence electrons. The van der Waals surface area contributed by atoms with Gasteiger partial charge in [-0.3, -0.25) is 9.59 Å². The summed E-state index contributed by atoms with van der Waals surface area (Å²) < 4.78 is 5.30. The normalized spacial score (nSPS) is 10.4. The van der Waals surface area contributed by atoms with Crippen molar-refractivity contribution >= 4 is 35.3 Å². The highest BCUT2D eigenvalue weighted by Crippen LogP contribution is 2.15. The monoisotopic (exact) mass is 345 g/mol. The number of nitrogens with zero attached hydrogens (tertiary/aromatic N) is 1. The third-order valence-corrected chi connectivity index (χ3v) is 3.09. The predicted octanol–water partition coefficient (Wildman–Crippen LogP) is 2.83. The standard InChI is InChI=1S/C17H16ClN3O3/c1-2-24-15-8-6-14(7-9-15)20-16(22)17(23)21-19-11-12-4-3-5-13(18)10-12/h3-11H,2H2,1H3,(H,20,22)(H,21,23). The first-order valence-electron chi connectivity index (χ1n) is 7.21. The van der Waals surface area contributed by atoms with Gasteiger partial charge in [0.15, 0.2) is 0 Å². The van der Waals surface area contributed by atoms with E-state index in [1.165, 1.54) is 6.21 Å². The largest absolute Gasteiger partial charge is 0.494 e. The van der Waals surface area contributed by atoms with Gasteiger partial charge in [-0.25, -0.2) is 5.43 Å². The number of halogens is 1. The Hall–Kier alpha value is -2.86. The first-order chi connectivity index (χ1) is 11.6. The molecule has 0 bridgehead atoms. The van der Waals surface area contributed by atoms with E-state index in [2.05, 4.69) is 15.8 Å². The summed E-state index contributed by atoms with van der Waals surface area (Å²) in [6.45, 7) is 2.43. The molecule has 0 heterocycles. The van der Waals surface area contributed by atoms with Gasteiger partial charge in [-0.2, -0.15) is 5.10 Å². The molecule has 7 heteroatoms. The van der Waals surface area contributed by atoms with Crippen molar-refractivity contribution < 1.29 is 14.3 Å². The van der Waals surface area contributed by atoms with Crippen molar-refractivity contribution in [2.24, 2.45) is 5.10 Å². The lowest BCUT2D eigenvalue weighted by molar-refractivity contribution is -0.136. The Morgan fingerprint density at radius 2 is 1.92 bits per heavy atom. The van der Waals surface area contributed by atoms with E-state index in [1.54, 1.807) is 48.5 Å². The summed E-state index contributed by atoms with van der Waals surface area (Å²) in [6, 6.07) is 13.6. The molecule has 0 saturated carbocycles. The highest BCUT2D eigenvalue weighted by molar-refractivity contribution is 6.39. The molecule has 2 aromatic carbocycles. The van der Waals surface area contributed by atoms with Crippen LogP contribution in [0.2, 0.25) is 5.02 Å². The molecule has 0 spiro atoms. The fraction of sp³-hybridized carbons (Fsp3) is 0.118. The molecule has 2 rings (SSSR count). The van der Waals surface area contributed by atoms with Gasteiger partial charge in [0.1, 0.15) is 5.75 Å². The molecule has 0 aliphatic heterocycles. The Bertz CT molecular complexity index is 745. The van der Waals surface area contributed by atoms with Crippen molar-refractivity contribution in [1.82, 2.24) is 5.43 Å². The fourth-order valence-corrected chi connectivity index (χ4v) is 1.99. The van der Waals surface area contributed by atoms with Crippen molar-refractivity contribution in [2.45, 2.75) is 6.92 Å². The maximum atomic E-state index is 11.8. The van der Waals surface area contributed by atoms with Gasteiger partial charge in [-0.05, 0) is 48.9 Å². The minimum Gasteiger partial charge on any atom is -0.494 e. The number of hydrogen-bond donors (Lipinski definition) is 2. The molecule has 2 aromatic rings. The number of hydrazone groups is 1. The molecule has 24 heavy (non-hydrogen) atoms. The van der Waals surface area contributed by atoms with Crippen LogP contribution in [0.1, 0.15) is 12.5 Å². The molecule has 0 saturated heterocycles. The van der Waals surface area contributed by atoms with Crippen LogP contribution in [-0.2, 0) is 9.59 Å². The van der Waals surface area contributed by atoms with Gasteiger partial charge >= 0.3 is 11.8 Å². The van der Waals surface area contributed by atoms with E-state index in [9.17, 15) is 9.59 Å². The first-order valence-corrected chi connectivity index (χ1v) is 7.59. The molecule has 0 aromatic heterocycles. The van der Waals surface area contributed by atoms with Crippen LogP contribution in [0, 0.1) is 0 Å². The van der Waals surface area contributed by atoms with Crippen LogP contribution >= 0.6 is 11.6 Å². The van der Waals surface area contributed by atoms with Crippen molar-refractivity contribution in [3.05, 3.63) is 59.1 Å². The molecule has 0 atom stereocenters. The van der Waals surface area contributed by atoms with Crippen LogP contribution in [0.3, 0.4) is 0 Å². The Morgan fingerprint density at radius 3 is 2.58 bits per heavy atom. The second-order valence-corrected chi connectivity index (χ2v) is 5.10. The Morgan fingerprint density at radius 1 is 1.17 bits per heavy atom. The third kappa shape index (κ3) is 5.40.